The summed E-state index contributed by atoms with van der Waals surface area (Å²) in [7, 11) is 0. The van der Waals surface area contributed by atoms with E-state index in [9.17, 15) is 4.39 Å². The van der Waals surface area contributed by atoms with E-state index in [1.54, 1.807) is 12.1 Å². The van der Waals surface area contributed by atoms with Crippen LogP contribution in [0.3, 0.4) is 0 Å². The van der Waals surface area contributed by atoms with Crippen LogP contribution in [0.4, 0.5) is 10.1 Å². The van der Waals surface area contributed by atoms with Gasteiger partial charge in [-0.15, -0.1) is 0 Å². The van der Waals surface area contributed by atoms with Crippen molar-refractivity contribution in [1.82, 2.24) is 0 Å². The van der Waals surface area contributed by atoms with Gasteiger partial charge in [0.1, 0.15) is 5.82 Å². The quantitative estimate of drug-likeness (QED) is 0.710. The lowest BCUT2D eigenvalue weighted by Gasteiger charge is -2.37. The van der Waals surface area contributed by atoms with Crippen LogP contribution in [0, 0.1) is 12.7 Å². The summed E-state index contributed by atoms with van der Waals surface area (Å²) in [5.41, 5.74) is 3.17. The van der Waals surface area contributed by atoms with Crippen LogP contribution in [-0.4, -0.2) is 6.04 Å². The summed E-state index contributed by atoms with van der Waals surface area (Å²) in [5.74, 6) is 0.287. The molecule has 2 aromatic carbocycles. The molecule has 0 radical (unpaired) electrons. The predicted octanol–water partition coefficient (Wildman–Crippen LogP) is 5.91. The minimum absolute atomic E-state index is 0.156. The molecule has 1 nitrogen and oxygen atoms in total. The van der Waals surface area contributed by atoms with E-state index in [1.807, 2.05) is 25.1 Å². The highest BCUT2D eigenvalue weighted by Gasteiger charge is 2.30. The Kier molecular flexibility index (Phi) is 4.23. The maximum absolute atomic E-state index is 13.2. The monoisotopic (exact) mass is 367 g/mol. The Morgan fingerprint density at radius 2 is 2.00 bits per heavy atom. The van der Waals surface area contributed by atoms with Crippen LogP contribution >= 0.6 is 27.5 Å². The summed E-state index contributed by atoms with van der Waals surface area (Å²) >= 11 is 9.73. The van der Waals surface area contributed by atoms with Gasteiger partial charge in [-0.2, -0.15) is 0 Å². The molecule has 1 aliphatic carbocycles. The lowest BCUT2D eigenvalue weighted by molar-refractivity contribution is 0.373. The summed E-state index contributed by atoms with van der Waals surface area (Å²) in [6, 6.07) is 11.3. The second-order valence-electron chi connectivity index (χ2n) is 5.65. The Morgan fingerprint density at radius 1 is 1.24 bits per heavy atom. The first-order chi connectivity index (χ1) is 10.0. The highest BCUT2D eigenvalue weighted by molar-refractivity contribution is 9.10. The van der Waals surface area contributed by atoms with E-state index in [-0.39, 0.29) is 5.82 Å². The third kappa shape index (κ3) is 3.24. The van der Waals surface area contributed by atoms with E-state index in [1.165, 1.54) is 6.07 Å². The molecule has 3 rings (SSSR count). The number of anilines is 1. The molecule has 0 saturated heterocycles. The van der Waals surface area contributed by atoms with Crippen molar-refractivity contribution in [2.45, 2.75) is 31.7 Å². The normalized spacial score (nSPS) is 21.0. The van der Waals surface area contributed by atoms with E-state index in [0.29, 0.717) is 12.0 Å². The SMILES string of the molecule is Cc1cc(Br)c(NC2CC(c3cccc(F)c3)C2)cc1Cl. The summed E-state index contributed by atoms with van der Waals surface area (Å²) < 4.78 is 14.3. The molecule has 2 aromatic rings. The van der Waals surface area contributed by atoms with E-state index in [0.717, 1.165) is 39.2 Å². The van der Waals surface area contributed by atoms with Crippen molar-refractivity contribution in [2.75, 3.05) is 5.32 Å². The van der Waals surface area contributed by atoms with Crippen molar-refractivity contribution >= 4 is 33.2 Å². The molecule has 0 bridgehead atoms. The molecule has 0 amide bonds. The third-order valence-electron chi connectivity index (χ3n) is 4.07. The fourth-order valence-corrected chi connectivity index (χ4v) is 3.48. The molecule has 110 valence electrons. The van der Waals surface area contributed by atoms with Crippen LogP contribution in [0.2, 0.25) is 5.02 Å². The molecule has 0 aliphatic heterocycles. The molecule has 1 fully saturated rings. The maximum atomic E-state index is 13.2. The number of hydrogen-bond acceptors (Lipinski definition) is 1. The third-order valence-corrected chi connectivity index (χ3v) is 5.13. The first-order valence-corrected chi connectivity index (χ1v) is 8.17. The number of halogens is 3. The van der Waals surface area contributed by atoms with Crippen molar-refractivity contribution in [3.8, 4) is 0 Å². The molecule has 0 heterocycles. The lowest BCUT2D eigenvalue weighted by Crippen LogP contribution is -2.34. The Bertz CT molecular complexity index is 668. The van der Waals surface area contributed by atoms with Gasteiger partial charge in [0.2, 0.25) is 0 Å². The van der Waals surface area contributed by atoms with Crippen molar-refractivity contribution in [3.05, 3.63) is 62.8 Å². The van der Waals surface area contributed by atoms with Crippen molar-refractivity contribution in [1.29, 1.82) is 0 Å². The zero-order valence-electron chi connectivity index (χ0n) is 11.7. The predicted molar refractivity (Wildman–Crippen MR) is 89.7 cm³/mol. The maximum Gasteiger partial charge on any atom is 0.123 e. The van der Waals surface area contributed by atoms with Gasteiger partial charge in [-0.1, -0.05) is 23.7 Å². The number of hydrogen-bond donors (Lipinski definition) is 1. The van der Waals surface area contributed by atoms with E-state index >= 15 is 0 Å². The Labute approximate surface area is 137 Å². The molecule has 0 unspecified atom stereocenters. The topological polar surface area (TPSA) is 12.0 Å². The minimum Gasteiger partial charge on any atom is -0.381 e. The molecule has 1 N–H and O–H groups in total. The average Bonchev–Trinajstić information content (AvgIpc) is 2.39. The smallest absolute Gasteiger partial charge is 0.123 e. The van der Waals surface area contributed by atoms with Crippen LogP contribution in [0.15, 0.2) is 40.9 Å². The van der Waals surface area contributed by atoms with E-state index in [4.69, 9.17) is 11.6 Å². The number of benzene rings is 2. The lowest BCUT2D eigenvalue weighted by atomic mass is 9.76. The zero-order valence-corrected chi connectivity index (χ0v) is 14.0. The Morgan fingerprint density at radius 3 is 2.71 bits per heavy atom. The molecule has 0 aromatic heterocycles. The first-order valence-electron chi connectivity index (χ1n) is 7.00. The minimum atomic E-state index is -0.156. The highest BCUT2D eigenvalue weighted by Crippen LogP contribution is 2.40. The number of nitrogens with one attached hydrogen (secondary N) is 1. The van der Waals surface area contributed by atoms with Gasteiger partial charge >= 0.3 is 0 Å². The summed E-state index contributed by atoms with van der Waals surface area (Å²) in [6.45, 7) is 1.99. The standard InChI is InChI=1S/C17H16BrClFN/c1-10-5-15(18)17(9-16(10)19)21-14-7-12(8-14)11-3-2-4-13(20)6-11/h2-6,9,12,14,21H,7-8H2,1H3. The largest absolute Gasteiger partial charge is 0.381 e. The average molecular weight is 369 g/mol. The van der Waals surface area contributed by atoms with Gasteiger partial charge in [0, 0.05) is 15.5 Å². The number of rotatable bonds is 3. The van der Waals surface area contributed by atoms with Crippen LogP contribution in [0.25, 0.3) is 0 Å². The molecular formula is C17H16BrClFN. The van der Waals surface area contributed by atoms with Gasteiger partial charge in [-0.05, 0) is 77.0 Å². The van der Waals surface area contributed by atoms with Crippen molar-refractivity contribution in [3.63, 3.8) is 0 Å². The molecule has 1 saturated carbocycles. The van der Waals surface area contributed by atoms with Gasteiger partial charge < -0.3 is 5.32 Å². The molecular weight excluding hydrogens is 353 g/mol. The molecule has 1 aliphatic rings. The Balaban J connectivity index is 1.64. The zero-order chi connectivity index (χ0) is 15.0. The van der Waals surface area contributed by atoms with Crippen LogP contribution in [0.1, 0.15) is 29.9 Å². The molecule has 4 heteroatoms. The van der Waals surface area contributed by atoms with Gasteiger partial charge in [-0.3, -0.25) is 0 Å². The summed E-state index contributed by atoms with van der Waals surface area (Å²) in [4.78, 5) is 0. The molecule has 21 heavy (non-hydrogen) atoms. The second kappa shape index (κ2) is 5.98. The molecule has 0 spiro atoms. The van der Waals surface area contributed by atoms with Gasteiger partial charge in [0.15, 0.2) is 0 Å². The van der Waals surface area contributed by atoms with Crippen molar-refractivity contribution in [2.24, 2.45) is 0 Å². The second-order valence-corrected chi connectivity index (χ2v) is 6.91. The van der Waals surface area contributed by atoms with Crippen LogP contribution in [-0.2, 0) is 0 Å². The van der Waals surface area contributed by atoms with Gasteiger partial charge in [-0.25, -0.2) is 4.39 Å². The number of aryl methyl sites for hydroxylation is 1. The van der Waals surface area contributed by atoms with Gasteiger partial charge in [0.25, 0.3) is 0 Å². The fourth-order valence-electron chi connectivity index (χ4n) is 2.75. The molecule has 0 atom stereocenters. The summed E-state index contributed by atoms with van der Waals surface area (Å²) in [5, 5.41) is 4.27. The Hall–Kier alpha value is -1.06. The van der Waals surface area contributed by atoms with Crippen LogP contribution < -0.4 is 5.32 Å². The fraction of sp³-hybridized carbons (Fsp3) is 0.294. The van der Waals surface area contributed by atoms with Crippen molar-refractivity contribution < 1.29 is 4.39 Å². The summed E-state index contributed by atoms with van der Waals surface area (Å²) in [6.07, 6.45) is 2.03. The van der Waals surface area contributed by atoms with Crippen LogP contribution in [0.5, 0.6) is 0 Å². The van der Waals surface area contributed by atoms with E-state index < -0.39 is 0 Å². The highest BCUT2D eigenvalue weighted by atomic mass is 79.9. The first kappa shape index (κ1) is 14.9. The van der Waals surface area contributed by atoms with E-state index in [2.05, 4.69) is 21.2 Å². The van der Waals surface area contributed by atoms with Gasteiger partial charge in [0.05, 0.1) is 5.69 Å².